The van der Waals surface area contributed by atoms with Gasteiger partial charge >= 0.3 is 88.7 Å². The zero-order chi connectivity index (χ0) is 40.9. The molecule has 0 fully saturated rings. The molecule has 0 atom stereocenters. The van der Waals surface area contributed by atoms with Gasteiger partial charge in [0.05, 0.1) is 28.2 Å². The number of amides is 1. The Morgan fingerprint density at radius 3 is 1.38 bits per heavy atom. The molecule has 0 heterocycles. The second kappa shape index (κ2) is 21.9. The number of carbonyl (C=O) groups is 3. The zero-order valence-electron chi connectivity index (χ0n) is 31.7. The molecule has 4 aromatic carbocycles. The fraction of sp³-hybridized carbons (Fsp3) is 0.0294. The Labute approximate surface area is 435 Å². The van der Waals surface area contributed by atoms with Crippen LogP contribution in [0.4, 0.5) is 17.1 Å². The van der Waals surface area contributed by atoms with Gasteiger partial charge in [0.2, 0.25) is 17.5 Å². The third-order valence-corrected chi connectivity index (χ3v) is 10.8. The van der Waals surface area contributed by atoms with E-state index in [2.05, 4.69) is 26.4 Å². The topological polar surface area (TPSA) is 316 Å². The number of hydrogen-bond acceptors (Lipinski definition) is 15. The monoisotopic (exact) mass is 1020 g/mol. The van der Waals surface area contributed by atoms with Crippen molar-refractivity contribution in [3.63, 3.8) is 0 Å². The van der Waals surface area contributed by atoms with Gasteiger partial charge in [-0.3, -0.25) is 38.9 Å². The van der Waals surface area contributed by atoms with E-state index in [0.29, 0.717) is 0 Å². The molecule has 2 aliphatic rings. The molecular weight excluding hydrogens is 995 g/mol. The van der Waals surface area contributed by atoms with Crippen molar-refractivity contribution in [1.29, 1.82) is 0 Å². The van der Waals surface area contributed by atoms with E-state index in [9.17, 15) is 63.5 Å². The molecule has 0 aromatic heterocycles. The minimum absolute atomic E-state index is 0. The summed E-state index contributed by atoms with van der Waals surface area (Å²) in [4.78, 5) is 35.8. The quantitative estimate of drug-likeness (QED) is 0.0336. The van der Waals surface area contributed by atoms with Crippen LogP contribution in [0.5, 0.6) is 11.5 Å². The van der Waals surface area contributed by atoms with E-state index in [4.69, 9.17) is 0 Å². The van der Waals surface area contributed by atoms with Crippen LogP contribution in [0.25, 0.3) is 23.3 Å². The average Bonchev–Trinajstić information content (AvgIpc) is 3.09. The summed E-state index contributed by atoms with van der Waals surface area (Å²) >= 11 is 0. The molecule has 19 nitrogen and oxygen atoms in total. The fourth-order valence-corrected chi connectivity index (χ4v) is 7.73. The van der Waals surface area contributed by atoms with Crippen molar-refractivity contribution in [2.75, 3.05) is 16.2 Å². The molecule has 4 aromatic rings. The predicted molar refractivity (Wildman–Crippen MR) is 202 cm³/mol. The Hall–Kier alpha value is -2.52. The van der Waals surface area contributed by atoms with Crippen molar-refractivity contribution in [3.05, 3.63) is 105 Å². The molecule has 0 saturated heterocycles. The number of benzene rings is 4. The first-order valence-electron chi connectivity index (χ1n) is 15.5. The van der Waals surface area contributed by atoms with Crippen LogP contribution in [-0.4, -0.2) is 78.0 Å². The van der Waals surface area contributed by atoms with Gasteiger partial charge in [-0.25, -0.2) is 0 Å². The molecule has 61 heavy (non-hydrogen) atoms. The van der Waals surface area contributed by atoms with E-state index in [0.717, 1.165) is 24.3 Å². The van der Waals surface area contributed by atoms with Crippen LogP contribution in [0.1, 0.15) is 38.8 Å². The number of anilines is 3. The van der Waals surface area contributed by atoms with Gasteiger partial charge in [-0.15, -0.1) is 0 Å². The predicted octanol–water partition coefficient (Wildman–Crippen LogP) is -5.24. The minimum Gasteiger partial charge on any atom is -0.506 e. The van der Waals surface area contributed by atoms with E-state index in [1.165, 1.54) is 67.6 Å². The Morgan fingerprint density at radius 1 is 0.574 bits per heavy atom. The number of phenols is 2. The molecule has 6 rings (SSSR count). The second-order valence-electron chi connectivity index (χ2n) is 11.9. The van der Waals surface area contributed by atoms with Gasteiger partial charge in [-0.05, 0) is 70.8 Å². The summed E-state index contributed by atoms with van der Waals surface area (Å²) in [6, 6.07) is 15.2. The second-order valence-corrected chi connectivity index (χ2v) is 16.1. The van der Waals surface area contributed by atoms with E-state index in [1.54, 1.807) is 0 Å². The molecule has 2 radical (unpaired) electrons. The van der Waals surface area contributed by atoms with E-state index in [1.807, 2.05) is 0 Å². The van der Waals surface area contributed by atoms with Crippen molar-refractivity contribution < 1.29 is 186 Å². The third kappa shape index (κ3) is 12.4. The van der Waals surface area contributed by atoms with Gasteiger partial charge in [-0.1, -0.05) is 36.4 Å². The number of aromatic hydroxyl groups is 2. The largest absolute Gasteiger partial charge is 1.00 e. The number of hydrazone groups is 2. The maximum atomic E-state index is 13.5. The number of Topliss-reactive ketones (excluding diaryl/α,β-unsaturated/α-hetero) is 2. The number of fused-ring (bicyclic) bond motifs is 2. The summed E-state index contributed by atoms with van der Waals surface area (Å²) in [5.74, 6) is -3.79. The number of phenolic OH excluding ortho intramolecular Hbond substituents is 2. The van der Waals surface area contributed by atoms with Crippen LogP contribution in [0.2, 0.25) is 0 Å². The summed E-state index contributed by atoms with van der Waals surface area (Å²) < 4.78 is 102. The first kappa shape index (κ1) is 56.5. The smallest absolute Gasteiger partial charge is 0.506 e. The van der Waals surface area contributed by atoms with Gasteiger partial charge < -0.3 is 15.5 Å². The summed E-state index contributed by atoms with van der Waals surface area (Å²) in [6.07, 6.45) is 1.77. The standard InChI is InChI=1S/C34H25N5O14S3.2Cu.3Na/c1-16(40)35-23-6-2-4-19-14-27(55(48,49)50)31(33(43)29(19)23)38-36-21-10-8-17(12-24(21)41)18-9-11-22(25(42)13-18)37-39-32-28(56(51,52)53)15-20-5-3-7-26(54(45,46)47)30(20)34(32)44;;;;;/h2-15,36-37,41-42H,1H3,(H,35,40)(H,45,46,47)(H,48,49,50)(H,51,52,53);;;;;/q;;;3*+1/b38-31+,39-32+;;;;;. The van der Waals surface area contributed by atoms with Crippen LogP contribution in [0.3, 0.4) is 0 Å². The summed E-state index contributed by atoms with van der Waals surface area (Å²) in [5, 5.41) is 31.6. The van der Waals surface area contributed by atoms with Crippen molar-refractivity contribution in [1.82, 2.24) is 0 Å². The summed E-state index contributed by atoms with van der Waals surface area (Å²) in [6.45, 7) is 1.20. The molecule has 1 amide bonds. The van der Waals surface area contributed by atoms with E-state index < -0.39 is 91.0 Å². The first-order chi connectivity index (χ1) is 26.1. The average molecular weight is 1020 g/mol. The van der Waals surface area contributed by atoms with Crippen molar-refractivity contribution in [2.45, 2.75) is 11.8 Å². The number of hydrogen-bond donors (Lipinski definition) is 8. The Balaban J connectivity index is 0.00000372. The maximum absolute atomic E-state index is 13.5. The van der Waals surface area contributed by atoms with Crippen LogP contribution in [0.15, 0.2) is 97.7 Å². The van der Waals surface area contributed by atoms with Crippen molar-refractivity contribution >= 4 is 88.5 Å². The summed E-state index contributed by atoms with van der Waals surface area (Å²) in [7, 11) is -15.1. The molecule has 0 bridgehead atoms. The fourth-order valence-electron chi connectivity index (χ4n) is 5.69. The molecule has 310 valence electrons. The van der Waals surface area contributed by atoms with Crippen LogP contribution >= 0.6 is 0 Å². The van der Waals surface area contributed by atoms with Gasteiger partial charge in [0.15, 0.2) is 11.4 Å². The Morgan fingerprint density at radius 2 is 0.984 bits per heavy atom. The van der Waals surface area contributed by atoms with E-state index in [-0.39, 0.29) is 168 Å². The van der Waals surface area contributed by atoms with Crippen molar-refractivity contribution in [3.8, 4) is 22.6 Å². The molecular formula is C34H25Cu2N5Na3O14S3+3. The Kier molecular flexibility index (Phi) is 20.3. The Bertz CT molecular complexity index is 2930. The number of carbonyl (C=O) groups excluding carboxylic acids is 3. The molecule has 27 heteroatoms. The van der Waals surface area contributed by atoms with Crippen LogP contribution < -0.4 is 105 Å². The summed E-state index contributed by atoms with van der Waals surface area (Å²) in [5.41, 5.74) is 2.34. The number of rotatable bonds is 9. The van der Waals surface area contributed by atoms with Crippen LogP contribution in [0, 0.1) is 0 Å². The molecule has 2 aliphatic carbocycles. The van der Waals surface area contributed by atoms with Crippen LogP contribution in [-0.2, 0) is 69.3 Å². The molecule has 0 unspecified atom stereocenters. The number of allylic oxidation sites excluding steroid dienone is 2. The SMILES string of the molecule is CC(=O)Nc1cccc2c1C(=O)/C(=N/Nc1ccc(-c3ccc(N/N=C4/C(=O)c5c(cccc5S(=O)(=O)O)C=C4S(=O)(=O)O)c(O)c3)cc1O)C(S(=O)(=O)O)=C2.[Cu].[Cu].[Na+].[Na+].[Na+]. The zero-order valence-corrected chi connectivity index (χ0v) is 42.0. The molecule has 8 N–H and O–H groups in total. The van der Waals surface area contributed by atoms with E-state index >= 15 is 0 Å². The van der Waals surface area contributed by atoms with Crippen molar-refractivity contribution in [2.24, 2.45) is 10.2 Å². The van der Waals surface area contributed by atoms with Gasteiger partial charge in [0.25, 0.3) is 30.4 Å². The molecule has 0 aliphatic heterocycles. The molecule has 0 spiro atoms. The number of nitrogens with zero attached hydrogens (tertiary/aromatic N) is 2. The van der Waals surface area contributed by atoms with Gasteiger partial charge in [-0.2, -0.15) is 35.5 Å². The first-order valence-corrected chi connectivity index (χ1v) is 19.8. The van der Waals surface area contributed by atoms with Gasteiger partial charge in [0, 0.05) is 41.1 Å². The maximum Gasteiger partial charge on any atom is 1.00 e. The number of nitrogens with one attached hydrogen (secondary N) is 3. The molecule has 0 saturated carbocycles. The number of ketones is 2. The minimum atomic E-state index is -5.12. The normalized spacial score (nSPS) is 14.5. The van der Waals surface area contributed by atoms with Gasteiger partial charge in [0.1, 0.15) is 26.2 Å². The third-order valence-electron chi connectivity index (χ3n) is 8.13.